The van der Waals surface area contributed by atoms with Gasteiger partial charge in [-0.15, -0.1) is 0 Å². The first-order chi connectivity index (χ1) is 17.1. The first-order valence-electron chi connectivity index (χ1n) is 10.9. The van der Waals surface area contributed by atoms with Crippen LogP contribution in [0.2, 0.25) is 5.02 Å². The summed E-state index contributed by atoms with van der Waals surface area (Å²) in [5, 5.41) is 19.2. The van der Waals surface area contributed by atoms with E-state index in [9.17, 15) is 18.0 Å². The standard InChI is InChI=1S/C21H27ClN6O2.C2HF3O2/c1-21(2,3)18-11-16(27(4)26-18)20(29)25-13-6-7-17(30-9-8-23)14(10-13)19-15(22)12-24-28(19)5;3-2(4,5)1(6)7/h6-7,10-12H,8-9,23H2,1-5H3,(H,25,29);(H,6,7). The van der Waals surface area contributed by atoms with Gasteiger partial charge in [-0.2, -0.15) is 23.4 Å². The summed E-state index contributed by atoms with van der Waals surface area (Å²) in [5.41, 5.74) is 8.76. The molecule has 0 bridgehead atoms. The highest BCUT2D eigenvalue weighted by Gasteiger charge is 2.38. The van der Waals surface area contributed by atoms with E-state index in [1.807, 2.05) is 12.1 Å². The zero-order chi connectivity index (χ0) is 28.1. The fourth-order valence-corrected chi connectivity index (χ4v) is 3.31. The minimum atomic E-state index is -5.08. The van der Waals surface area contributed by atoms with Crippen LogP contribution >= 0.6 is 11.6 Å². The van der Waals surface area contributed by atoms with E-state index < -0.39 is 12.1 Å². The van der Waals surface area contributed by atoms with Crippen molar-refractivity contribution >= 4 is 29.2 Å². The highest BCUT2D eigenvalue weighted by atomic mass is 35.5. The van der Waals surface area contributed by atoms with Gasteiger partial charge in [-0.1, -0.05) is 32.4 Å². The van der Waals surface area contributed by atoms with Crippen molar-refractivity contribution in [2.24, 2.45) is 19.8 Å². The maximum Gasteiger partial charge on any atom is 0.490 e. The summed E-state index contributed by atoms with van der Waals surface area (Å²) in [6.07, 6.45) is -3.52. The Balaban J connectivity index is 0.000000604. The average molecular weight is 545 g/mol. The molecule has 0 aliphatic carbocycles. The van der Waals surface area contributed by atoms with Crippen molar-refractivity contribution in [3.8, 4) is 17.0 Å². The number of aryl methyl sites for hydroxylation is 2. The molecule has 0 atom stereocenters. The van der Waals surface area contributed by atoms with Crippen molar-refractivity contribution in [1.29, 1.82) is 0 Å². The van der Waals surface area contributed by atoms with Crippen LogP contribution in [-0.4, -0.2) is 55.9 Å². The maximum absolute atomic E-state index is 12.9. The molecule has 10 nitrogen and oxygen atoms in total. The van der Waals surface area contributed by atoms with Crippen molar-refractivity contribution in [2.45, 2.75) is 32.4 Å². The summed E-state index contributed by atoms with van der Waals surface area (Å²) >= 11 is 6.34. The Bertz CT molecular complexity index is 1240. The molecule has 0 aliphatic rings. The maximum atomic E-state index is 12.9. The molecule has 0 saturated carbocycles. The van der Waals surface area contributed by atoms with Crippen LogP contribution in [0.5, 0.6) is 5.75 Å². The predicted octanol–water partition coefficient (Wildman–Crippen LogP) is 3.99. The Morgan fingerprint density at radius 3 is 2.24 bits per heavy atom. The Hall–Kier alpha value is -3.58. The van der Waals surface area contributed by atoms with Crippen molar-refractivity contribution in [2.75, 3.05) is 18.5 Å². The first kappa shape index (κ1) is 29.6. The first-order valence-corrected chi connectivity index (χ1v) is 11.2. The van der Waals surface area contributed by atoms with Crippen LogP contribution < -0.4 is 15.8 Å². The number of anilines is 1. The van der Waals surface area contributed by atoms with Gasteiger partial charge in [0.15, 0.2) is 0 Å². The van der Waals surface area contributed by atoms with Gasteiger partial charge >= 0.3 is 12.1 Å². The number of nitrogens with one attached hydrogen (secondary N) is 1. The monoisotopic (exact) mass is 544 g/mol. The third kappa shape index (κ3) is 7.70. The molecule has 202 valence electrons. The molecular weight excluding hydrogens is 517 g/mol. The number of ether oxygens (including phenoxy) is 1. The number of carboxylic acids is 1. The van der Waals surface area contributed by atoms with Crippen LogP contribution in [0.4, 0.5) is 18.9 Å². The predicted molar refractivity (Wildman–Crippen MR) is 132 cm³/mol. The van der Waals surface area contributed by atoms with E-state index in [2.05, 4.69) is 36.3 Å². The number of carbonyl (C=O) groups excluding carboxylic acids is 1. The number of alkyl halides is 3. The van der Waals surface area contributed by atoms with Crippen molar-refractivity contribution in [1.82, 2.24) is 19.6 Å². The normalized spacial score (nSPS) is 11.5. The number of aliphatic carboxylic acids is 1. The third-order valence-electron chi connectivity index (χ3n) is 4.89. The van der Waals surface area contributed by atoms with Gasteiger partial charge in [0.2, 0.25) is 0 Å². The Labute approximate surface area is 216 Å². The van der Waals surface area contributed by atoms with Crippen LogP contribution in [0.1, 0.15) is 37.0 Å². The number of nitrogens with zero attached hydrogens (tertiary/aromatic N) is 4. The summed E-state index contributed by atoms with van der Waals surface area (Å²) in [7, 11) is 3.55. The fraction of sp³-hybridized carbons (Fsp3) is 0.391. The molecule has 2 aromatic heterocycles. The molecule has 0 fully saturated rings. The number of rotatable bonds is 6. The van der Waals surface area contributed by atoms with Crippen molar-refractivity contribution in [3.05, 3.63) is 46.9 Å². The second kappa shape index (κ2) is 11.6. The van der Waals surface area contributed by atoms with Gasteiger partial charge in [-0.05, 0) is 24.3 Å². The summed E-state index contributed by atoms with van der Waals surface area (Å²) < 4.78 is 40.8. The van der Waals surface area contributed by atoms with E-state index in [-0.39, 0.29) is 11.3 Å². The molecule has 3 rings (SSSR count). The third-order valence-corrected chi connectivity index (χ3v) is 5.16. The molecule has 37 heavy (non-hydrogen) atoms. The number of hydrogen-bond acceptors (Lipinski definition) is 6. The van der Waals surface area contributed by atoms with Gasteiger partial charge in [-0.3, -0.25) is 14.2 Å². The Morgan fingerprint density at radius 1 is 1.16 bits per heavy atom. The van der Waals surface area contributed by atoms with Gasteiger partial charge in [0.05, 0.1) is 22.6 Å². The quantitative estimate of drug-likeness (QED) is 0.426. The minimum absolute atomic E-state index is 0.151. The number of aromatic nitrogens is 4. The number of hydrogen-bond donors (Lipinski definition) is 3. The fourth-order valence-electron chi connectivity index (χ4n) is 3.04. The topological polar surface area (TPSA) is 137 Å². The number of carbonyl (C=O) groups is 2. The van der Waals surface area contributed by atoms with E-state index in [1.165, 1.54) is 0 Å². The van der Waals surface area contributed by atoms with Crippen LogP contribution in [0.25, 0.3) is 11.3 Å². The van der Waals surface area contributed by atoms with E-state index in [0.717, 1.165) is 5.69 Å². The second-order valence-corrected chi connectivity index (χ2v) is 9.27. The lowest BCUT2D eigenvalue weighted by Crippen LogP contribution is -2.21. The van der Waals surface area contributed by atoms with E-state index >= 15 is 0 Å². The molecular formula is C23H28ClF3N6O4. The second-order valence-electron chi connectivity index (χ2n) is 8.86. The number of halogens is 4. The molecule has 0 unspecified atom stereocenters. The van der Waals surface area contributed by atoms with E-state index in [0.29, 0.717) is 46.6 Å². The zero-order valence-corrected chi connectivity index (χ0v) is 21.6. The number of benzene rings is 1. The lowest BCUT2D eigenvalue weighted by Gasteiger charge is -2.14. The highest BCUT2D eigenvalue weighted by Crippen LogP contribution is 2.36. The largest absolute Gasteiger partial charge is 0.492 e. The van der Waals surface area contributed by atoms with E-state index in [1.54, 1.807) is 41.8 Å². The molecule has 14 heteroatoms. The van der Waals surface area contributed by atoms with Crippen molar-refractivity contribution < 1.29 is 32.6 Å². The lowest BCUT2D eigenvalue weighted by atomic mass is 9.92. The molecule has 3 aromatic rings. The summed E-state index contributed by atoms with van der Waals surface area (Å²) in [6.45, 7) is 6.91. The minimum Gasteiger partial charge on any atom is -0.492 e. The number of amides is 1. The summed E-state index contributed by atoms with van der Waals surface area (Å²) in [6, 6.07) is 7.19. The van der Waals surface area contributed by atoms with E-state index in [4.69, 9.17) is 32.0 Å². The van der Waals surface area contributed by atoms with Gasteiger partial charge in [0.1, 0.15) is 18.1 Å². The van der Waals surface area contributed by atoms with Gasteiger partial charge in [0.25, 0.3) is 5.91 Å². The Kier molecular flexibility index (Phi) is 9.33. The van der Waals surface area contributed by atoms with Crippen LogP contribution in [0.15, 0.2) is 30.5 Å². The zero-order valence-electron chi connectivity index (χ0n) is 20.9. The molecule has 4 N–H and O–H groups in total. The Morgan fingerprint density at radius 2 is 1.78 bits per heavy atom. The van der Waals surface area contributed by atoms with Crippen LogP contribution in [-0.2, 0) is 24.3 Å². The molecule has 2 heterocycles. The van der Waals surface area contributed by atoms with Gasteiger partial charge in [-0.25, -0.2) is 4.79 Å². The SMILES string of the molecule is Cn1nc(C(C)(C)C)cc1C(=O)Nc1ccc(OCCN)c(-c2c(Cl)cnn2C)c1.O=C(O)C(F)(F)F. The summed E-state index contributed by atoms with van der Waals surface area (Å²) in [4.78, 5) is 21.8. The molecule has 0 radical (unpaired) electrons. The van der Waals surface area contributed by atoms with Gasteiger partial charge < -0.3 is 20.9 Å². The van der Waals surface area contributed by atoms with Crippen LogP contribution in [0, 0.1) is 0 Å². The highest BCUT2D eigenvalue weighted by molar-refractivity contribution is 6.33. The summed E-state index contributed by atoms with van der Waals surface area (Å²) in [5.74, 6) is -2.40. The number of carboxylic acid groups (broad SMARTS) is 1. The smallest absolute Gasteiger partial charge is 0.490 e. The average Bonchev–Trinajstić information content (AvgIpc) is 3.34. The molecule has 1 amide bonds. The molecule has 0 aliphatic heterocycles. The lowest BCUT2D eigenvalue weighted by molar-refractivity contribution is -0.192. The van der Waals surface area contributed by atoms with Crippen LogP contribution in [0.3, 0.4) is 0 Å². The molecule has 0 spiro atoms. The number of nitrogens with two attached hydrogens (primary N) is 1. The van der Waals surface area contributed by atoms with Crippen molar-refractivity contribution in [3.63, 3.8) is 0 Å². The van der Waals surface area contributed by atoms with Gasteiger partial charge in [0, 0.05) is 37.3 Å². The molecule has 1 aromatic carbocycles. The molecule has 0 saturated heterocycles.